The van der Waals surface area contributed by atoms with Crippen molar-refractivity contribution >= 4 is 22.6 Å². The van der Waals surface area contributed by atoms with Crippen LogP contribution in [-0.2, 0) is 0 Å². The van der Waals surface area contributed by atoms with Gasteiger partial charge in [-0.3, -0.25) is 0 Å². The number of nitrogens with zero attached hydrogens (tertiary/aromatic N) is 3. The Kier molecular flexibility index (Phi) is 6.59. The maximum Gasteiger partial charge on any atom is 0.283 e. The first-order chi connectivity index (χ1) is 16.5. The number of furan rings is 1. The smallest absolute Gasteiger partial charge is 0.283 e. The van der Waals surface area contributed by atoms with Crippen molar-refractivity contribution in [3.8, 4) is 17.4 Å². The van der Waals surface area contributed by atoms with Crippen LogP contribution in [0.4, 0.5) is 0 Å². The Bertz CT molecular complexity index is 1280. The molecule has 0 bridgehead atoms. The zero-order chi connectivity index (χ0) is 23.7. The van der Waals surface area contributed by atoms with E-state index in [1.54, 1.807) is 6.92 Å². The maximum atomic E-state index is 10.6. The van der Waals surface area contributed by atoms with Gasteiger partial charge in [-0.25, -0.2) is 0 Å². The van der Waals surface area contributed by atoms with Gasteiger partial charge < -0.3 is 23.6 Å². The number of likely N-dealkylation sites (tertiary alicyclic amines) is 1. The standard InChI is InChI=1S/C26H28ClN3O4/c1-16-6-7-19(12-22(16)27)18-8-10-30(11-9-18)14-20(31)15-32-23-4-3-5-24-21(23)13-25(34-24)26-29-28-17(2)33-26/h3-7,12-13,18,20,31H,8-11,14-15H2,1-2H3. The number of halogens is 1. The van der Waals surface area contributed by atoms with Gasteiger partial charge in [0.05, 0.1) is 5.39 Å². The summed E-state index contributed by atoms with van der Waals surface area (Å²) >= 11 is 6.31. The Morgan fingerprint density at radius 3 is 2.68 bits per heavy atom. The van der Waals surface area contributed by atoms with Crippen LogP contribution in [-0.4, -0.2) is 52.5 Å². The van der Waals surface area contributed by atoms with Gasteiger partial charge in [0.2, 0.25) is 5.89 Å². The van der Waals surface area contributed by atoms with Gasteiger partial charge in [-0.05, 0) is 68.1 Å². The molecule has 3 heterocycles. The molecule has 7 nitrogen and oxygen atoms in total. The van der Waals surface area contributed by atoms with Crippen LogP contribution in [0.3, 0.4) is 0 Å². The minimum Gasteiger partial charge on any atom is -0.490 e. The van der Waals surface area contributed by atoms with Crippen LogP contribution in [0, 0.1) is 13.8 Å². The molecule has 34 heavy (non-hydrogen) atoms. The van der Waals surface area contributed by atoms with E-state index in [4.69, 9.17) is 25.2 Å². The molecule has 1 aliphatic heterocycles. The van der Waals surface area contributed by atoms with Crippen molar-refractivity contribution in [1.29, 1.82) is 0 Å². The Labute approximate surface area is 203 Å². The van der Waals surface area contributed by atoms with Gasteiger partial charge in [0.15, 0.2) is 5.76 Å². The first-order valence-electron chi connectivity index (χ1n) is 11.6. The van der Waals surface area contributed by atoms with Gasteiger partial charge in [0, 0.05) is 24.6 Å². The summed E-state index contributed by atoms with van der Waals surface area (Å²) in [6.45, 7) is 6.42. The number of piperidine rings is 1. The third-order valence-electron chi connectivity index (χ3n) is 6.41. The van der Waals surface area contributed by atoms with E-state index in [-0.39, 0.29) is 6.61 Å². The molecule has 0 saturated carbocycles. The molecule has 0 radical (unpaired) electrons. The number of aliphatic hydroxyl groups is 1. The highest BCUT2D eigenvalue weighted by molar-refractivity contribution is 6.31. The van der Waals surface area contributed by atoms with Crippen molar-refractivity contribution in [3.63, 3.8) is 0 Å². The molecule has 2 aromatic heterocycles. The summed E-state index contributed by atoms with van der Waals surface area (Å²) in [6, 6.07) is 13.8. The second-order valence-electron chi connectivity index (χ2n) is 8.95. The molecular formula is C26H28ClN3O4. The molecule has 2 aromatic carbocycles. The molecule has 0 amide bonds. The number of ether oxygens (including phenoxy) is 1. The van der Waals surface area contributed by atoms with Gasteiger partial charge in [-0.1, -0.05) is 29.8 Å². The van der Waals surface area contributed by atoms with Gasteiger partial charge in [0.25, 0.3) is 5.89 Å². The number of hydrogen-bond acceptors (Lipinski definition) is 7. The lowest BCUT2D eigenvalue weighted by Gasteiger charge is -2.33. The monoisotopic (exact) mass is 481 g/mol. The van der Waals surface area contributed by atoms with Crippen LogP contribution in [0.1, 0.15) is 35.8 Å². The van der Waals surface area contributed by atoms with Crippen molar-refractivity contribution in [2.45, 2.75) is 38.7 Å². The largest absolute Gasteiger partial charge is 0.490 e. The second kappa shape index (κ2) is 9.78. The molecule has 0 aliphatic carbocycles. The summed E-state index contributed by atoms with van der Waals surface area (Å²) < 4.78 is 17.3. The molecule has 1 unspecified atom stereocenters. The lowest BCUT2D eigenvalue weighted by Crippen LogP contribution is -2.40. The third-order valence-corrected chi connectivity index (χ3v) is 6.82. The maximum absolute atomic E-state index is 10.6. The summed E-state index contributed by atoms with van der Waals surface area (Å²) in [5, 5.41) is 20.1. The van der Waals surface area contributed by atoms with E-state index in [9.17, 15) is 5.11 Å². The molecular weight excluding hydrogens is 454 g/mol. The lowest BCUT2D eigenvalue weighted by atomic mass is 9.89. The Hall–Kier alpha value is -2.87. The molecule has 1 aliphatic rings. The van der Waals surface area contributed by atoms with Gasteiger partial charge in [-0.2, -0.15) is 0 Å². The fourth-order valence-corrected chi connectivity index (χ4v) is 4.70. The summed E-state index contributed by atoms with van der Waals surface area (Å²) in [6.07, 6.45) is 1.52. The molecule has 1 saturated heterocycles. The van der Waals surface area contributed by atoms with E-state index in [0.717, 1.165) is 41.9 Å². The Morgan fingerprint density at radius 2 is 1.94 bits per heavy atom. The first-order valence-corrected chi connectivity index (χ1v) is 12.0. The third kappa shape index (κ3) is 4.97. The van der Waals surface area contributed by atoms with E-state index in [2.05, 4.69) is 33.3 Å². The molecule has 8 heteroatoms. The molecule has 1 N–H and O–H groups in total. The number of benzene rings is 2. The normalized spacial score (nSPS) is 16.2. The van der Waals surface area contributed by atoms with Crippen LogP contribution in [0.15, 0.2) is 51.3 Å². The minimum atomic E-state index is -0.592. The number of aliphatic hydroxyl groups excluding tert-OH is 1. The number of aryl methyl sites for hydroxylation is 2. The average Bonchev–Trinajstić information content (AvgIpc) is 3.46. The van der Waals surface area contributed by atoms with Crippen molar-refractivity contribution in [2.75, 3.05) is 26.2 Å². The van der Waals surface area contributed by atoms with Crippen LogP contribution in [0.25, 0.3) is 22.6 Å². The first kappa shape index (κ1) is 22.9. The number of hydrogen-bond donors (Lipinski definition) is 1. The number of rotatable bonds is 7. The summed E-state index contributed by atoms with van der Waals surface area (Å²) in [4.78, 5) is 2.30. The van der Waals surface area contributed by atoms with E-state index in [1.165, 1.54) is 5.56 Å². The van der Waals surface area contributed by atoms with Crippen molar-refractivity contribution in [2.24, 2.45) is 0 Å². The van der Waals surface area contributed by atoms with Crippen molar-refractivity contribution < 1.29 is 18.7 Å². The van der Waals surface area contributed by atoms with Crippen LogP contribution in [0.5, 0.6) is 5.75 Å². The fourth-order valence-electron chi connectivity index (χ4n) is 4.51. The van der Waals surface area contributed by atoms with E-state index < -0.39 is 6.10 Å². The van der Waals surface area contributed by atoms with Gasteiger partial charge >= 0.3 is 0 Å². The van der Waals surface area contributed by atoms with E-state index in [1.807, 2.05) is 31.2 Å². The highest BCUT2D eigenvalue weighted by atomic mass is 35.5. The number of β-amino-alcohol motifs (C(OH)–C–C–N with tert-alkyl or cyclic N) is 1. The second-order valence-corrected chi connectivity index (χ2v) is 9.36. The quantitative estimate of drug-likeness (QED) is 0.379. The minimum absolute atomic E-state index is 0.201. The molecule has 1 atom stereocenters. The fraction of sp³-hybridized carbons (Fsp3) is 0.385. The summed E-state index contributed by atoms with van der Waals surface area (Å²) in [5.74, 6) is 2.46. The van der Waals surface area contributed by atoms with Gasteiger partial charge in [-0.15, -0.1) is 10.2 Å². The average molecular weight is 482 g/mol. The highest BCUT2D eigenvalue weighted by Crippen LogP contribution is 2.33. The van der Waals surface area contributed by atoms with Crippen molar-refractivity contribution in [3.05, 3.63) is 64.5 Å². The van der Waals surface area contributed by atoms with Crippen LogP contribution < -0.4 is 4.74 Å². The van der Waals surface area contributed by atoms with E-state index in [0.29, 0.717) is 41.3 Å². The lowest BCUT2D eigenvalue weighted by molar-refractivity contribution is 0.0599. The van der Waals surface area contributed by atoms with Crippen molar-refractivity contribution in [1.82, 2.24) is 15.1 Å². The Morgan fingerprint density at radius 1 is 1.12 bits per heavy atom. The predicted molar refractivity (Wildman–Crippen MR) is 130 cm³/mol. The number of aromatic nitrogens is 2. The molecule has 1 fully saturated rings. The van der Waals surface area contributed by atoms with E-state index >= 15 is 0 Å². The molecule has 4 aromatic rings. The van der Waals surface area contributed by atoms with Crippen LogP contribution in [0.2, 0.25) is 5.02 Å². The van der Waals surface area contributed by atoms with Gasteiger partial charge in [0.1, 0.15) is 24.0 Å². The van der Waals surface area contributed by atoms with Crippen LogP contribution >= 0.6 is 11.6 Å². The zero-order valence-corrected chi connectivity index (χ0v) is 20.1. The zero-order valence-electron chi connectivity index (χ0n) is 19.3. The molecule has 0 spiro atoms. The summed E-state index contributed by atoms with van der Waals surface area (Å²) in [7, 11) is 0. The molecule has 178 valence electrons. The Balaban J connectivity index is 1.16. The highest BCUT2D eigenvalue weighted by Gasteiger charge is 2.23. The number of fused-ring (bicyclic) bond motifs is 1. The SMILES string of the molecule is Cc1nnc(-c2cc3c(OCC(O)CN4CCC(c5ccc(C)c(Cl)c5)CC4)cccc3o2)o1. The molecule has 5 rings (SSSR count). The predicted octanol–water partition coefficient (Wildman–Crippen LogP) is 5.37. The topological polar surface area (TPSA) is 84.8 Å². The summed E-state index contributed by atoms with van der Waals surface area (Å²) in [5.41, 5.74) is 3.08.